The molecule has 1 unspecified atom stereocenters. The molecule has 3 rings (SSSR count). The van der Waals surface area contributed by atoms with Crippen molar-refractivity contribution in [2.75, 3.05) is 13.7 Å². The molecule has 1 aliphatic rings. The van der Waals surface area contributed by atoms with Crippen LogP contribution < -0.4 is 14.8 Å². The molecule has 0 saturated carbocycles. The number of fused-ring (bicyclic) bond motifs is 1. The second kappa shape index (κ2) is 6.90. The number of carbonyl (C=O) groups is 1. The normalized spacial score (nSPS) is 17.5. The molecular weight excluding hydrogens is 330 g/mol. The Hall–Kier alpha value is -2.69. The highest BCUT2D eigenvalue weighted by Gasteiger charge is 2.40. The summed E-state index contributed by atoms with van der Waals surface area (Å²) >= 11 is 0. The maximum Gasteiger partial charge on any atom is 0.405 e. The van der Waals surface area contributed by atoms with E-state index in [0.717, 1.165) is 40.2 Å². The van der Waals surface area contributed by atoms with Crippen molar-refractivity contribution < 1.29 is 19.4 Å². The Balaban J connectivity index is 2.03. The minimum absolute atomic E-state index is 0.191. The minimum atomic E-state index is -1.01. The summed E-state index contributed by atoms with van der Waals surface area (Å²) in [7, 11) is 1.64. The molecule has 1 amide bonds. The largest absolute Gasteiger partial charge is 0.496 e. The third-order valence-corrected chi connectivity index (χ3v) is 4.94. The van der Waals surface area contributed by atoms with Crippen molar-refractivity contribution in [2.45, 2.75) is 33.2 Å². The average molecular weight is 355 g/mol. The van der Waals surface area contributed by atoms with E-state index in [-0.39, 0.29) is 11.5 Å². The highest BCUT2D eigenvalue weighted by molar-refractivity contribution is 5.74. The van der Waals surface area contributed by atoms with Crippen LogP contribution in [0.15, 0.2) is 36.4 Å². The maximum atomic E-state index is 11.2. The van der Waals surface area contributed by atoms with Crippen LogP contribution in [-0.4, -0.2) is 24.9 Å². The summed E-state index contributed by atoms with van der Waals surface area (Å²) in [6, 6.07) is 11.8. The Bertz CT molecular complexity index is 812. The lowest BCUT2D eigenvalue weighted by Crippen LogP contribution is -2.34. The zero-order valence-electron chi connectivity index (χ0n) is 15.6. The van der Waals surface area contributed by atoms with Gasteiger partial charge in [-0.25, -0.2) is 4.79 Å². The van der Waals surface area contributed by atoms with E-state index in [9.17, 15) is 9.90 Å². The van der Waals surface area contributed by atoms with E-state index in [1.165, 1.54) is 0 Å². The van der Waals surface area contributed by atoms with Gasteiger partial charge in [-0.1, -0.05) is 26.0 Å². The number of amides is 1. The Morgan fingerprint density at radius 2 is 1.96 bits per heavy atom. The number of nitrogens with one attached hydrogen (secondary N) is 1. The quantitative estimate of drug-likeness (QED) is 0.819. The minimum Gasteiger partial charge on any atom is -0.496 e. The molecule has 138 valence electrons. The first-order chi connectivity index (χ1) is 12.4. The van der Waals surface area contributed by atoms with Crippen molar-refractivity contribution >= 4 is 6.09 Å². The first-order valence-corrected chi connectivity index (χ1v) is 8.79. The fraction of sp³-hybridized carbons (Fsp3) is 0.381. The summed E-state index contributed by atoms with van der Waals surface area (Å²) < 4.78 is 11.1. The van der Waals surface area contributed by atoms with E-state index in [4.69, 9.17) is 9.47 Å². The van der Waals surface area contributed by atoms with Crippen LogP contribution in [0.5, 0.6) is 11.5 Å². The van der Waals surface area contributed by atoms with E-state index in [1.54, 1.807) is 7.11 Å². The molecular formula is C21H25NO4. The van der Waals surface area contributed by atoms with E-state index in [1.807, 2.05) is 37.3 Å². The number of rotatable bonds is 5. The fourth-order valence-electron chi connectivity index (χ4n) is 3.76. The highest BCUT2D eigenvalue weighted by atomic mass is 16.5. The molecule has 0 heterocycles. The van der Waals surface area contributed by atoms with Crippen molar-refractivity contribution in [3.05, 3.63) is 47.5 Å². The predicted octanol–water partition coefficient (Wildman–Crippen LogP) is 4.65. The van der Waals surface area contributed by atoms with Crippen molar-refractivity contribution in [3.8, 4) is 22.6 Å². The van der Waals surface area contributed by atoms with Gasteiger partial charge in [-0.15, -0.1) is 0 Å². The molecule has 2 aromatic carbocycles. The Morgan fingerprint density at radius 1 is 1.27 bits per heavy atom. The summed E-state index contributed by atoms with van der Waals surface area (Å²) in [6.45, 7) is 6.75. The van der Waals surface area contributed by atoms with Gasteiger partial charge in [0, 0.05) is 5.56 Å². The lowest BCUT2D eigenvalue weighted by Gasteiger charge is -2.27. The van der Waals surface area contributed by atoms with Crippen LogP contribution in [0.2, 0.25) is 0 Å². The molecule has 5 nitrogen and oxygen atoms in total. The first kappa shape index (κ1) is 18.1. The third-order valence-electron chi connectivity index (χ3n) is 4.94. The summed E-state index contributed by atoms with van der Waals surface area (Å²) in [5, 5.41) is 11.9. The van der Waals surface area contributed by atoms with Crippen molar-refractivity contribution in [2.24, 2.45) is 5.41 Å². The summed E-state index contributed by atoms with van der Waals surface area (Å²) in [6.07, 6.45) is -0.202. The number of ether oxygens (including phenoxy) is 2. The first-order valence-electron chi connectivity index (χ1n) is 8.79. The third kappa shape index (κ3) is 3.34. The molecule has 5 heteroatoms. The molecule has 0 saturated heterocycles. The molecule has 26 heavy (non-hydrogen) atoms. The zero-order chi connectivity index (χ0) is 18.9. The van der Waals surface area contributed by atoms with Crippen LogP contribution in [-0.2, 0) is 6.42 Å². The van der Waals surface area contributed by atoms with Gasteiger partial charge in [0.15, 0.2) is 0 Å². The van der Waals surface area contributed by atoms with Gasteiger partial charge in [0.05, 0.1) is 19.8 Å². The molecule has 0 spiro atoms. The smallest absolute Gasteiger partial charge is 0.405 e. The Morgan fingerprint density at radius 3 is 2.54 bits per heavy atom. The summed E-state index contributed by atoms with van der Waals surface area (Å²) in [5.41, 5.74) is 3.99. The number of benzene rings is 2. The zero-order valence-corrected chi connectivity index (χ0v) is 15.6. The van der Waals surface area contributed by atoms with Crippen molar-refractivity contribution in [3.63, 3.8) is 0 Å². The molecule has 0 bridgehead atoms. The Labute approximate surface area is 153 Å². The van der Waals surface area contributed by atoms with Gasteiger partial charge in [0.25, 0.3) is 0 Å². The van der Waals surface area contributed by atoms with Gasteiger partial charge < -0.3 is 19.9 Å². The number of hydrogen-bond acceptors (Lipinski definition) is 3. The SMILES string of the molecule is CCOc1ccc(-c2cc3c(cc2OC)C(NC(=O)O)C(C)(C)C3)cc1. The fourth-order valence-corrected chi connectivity index (χ4v) is 3.76. The van der Waals surface area contributed by atoms with Crippen LogP contribution in [0.25, 0.3) is 11.1 Å². The van der Waals surface area contributed by atoms with Crippen LogP contribution in [0.3, 0.4) is 0 Å². The van der Waals surface area contributed by atoms with Gasteiger partial charge in [0.1, 0.15) is 11.5 Å². The molecule has 2 aromatic rings. The molecule has 2 N–H and O–H groups in total. The maximum absolute atomic E-state index is 11.2. The van der Waals surface area contributed by atoms with Gasteiger partial charge >= 0.3 is 6.09 Å². The second-order valence-corrected chi connectivity index (χ2v) is 7.26. The number of hydrogen-bond donors (Lipinski definition) is 2. The van der Waals surface area contributed by atoms with Gasteiger partial charge in [-0.2, -0.15) is 0 Å². The molecule has 0 radical (unpaired) electrons. The Kier molecular flexibility index (Phi) is 4.81. The van der Waals surface area contributed by atoms with Crippen LogP contribution in [0.1, 0.15) is 37.9 Å². The van der Waals surface area contributed by atoms with E-state index >= 15 is 0 Å². The molecule has 0 aromatic heterocycles. The summed E-state index contributed by atoms with van der Waals surface area (Å²) in [4.78, 5) is 11.2. The van der Waals surface area contributed by atoms with E-state index in [0.29, 0.717) is 6.61 Å². The molecule has 1 atom stereocenters. The van der Waals surface area contributed by atoms with Gasteiger partial charge in [-0.05, 0) is 59.7 Å². The van der Waals surface area contributed by atoms with E-state index < -0.39 is 6.09 Å². The monoisotopic (exact) mass is 355 g/mol. The standard InChI is InChI=1S/C21H25NO4/c1-5-26-15-8-6-13(7-9-15)16-10-14-12-21(2,3)19(22-20(23)24)17(14)11-18(16)25-4/h6-11,19,22H,5,12H2,1-4H3,(H,23,24). The second-order valence-electron chi connectivity index (χ2n) is 7.26. The molecule has 1 aliphatic carbocycles. The average Bonchev–Trinajstić information content (AvgIpc) is 2.84. The predicted molar refractivity (Wildman–Crippen MR) is 101 cm³/mol. The van der Waals surface area contributed by atoms with Gasteiger partial charge in [0.2, 0.25) is 0 Å². The van der Waals surface area contributed by atoms with Crippen LogP contribution >= 0.6 is 0 Å². The van der Waals surface area contributed by atoms with Crippen LogP contribution in [0.4, 0.5) is 4.79 Å². The topological polar surface area (TPSA) is 67.8 Å². The molecule has 0 fully saturated rings. The van der Waals surface area contributed by atoms with E-state index in [2.05, 4.69) is 25.2 Å². The van der Waals surface area contributed by atoms with Crippen LogP contribution in [0, 0.1) is 5.41 Å². The molecule has 0 aliphatic heterocycles. The summed E-state index contributed by atoms with van der Waals surface area (Å²) in [5.74, 6) is 1.58. The van der Waals surface area contributed by atoms with Crippen molar-refractivity contribution in [1.29, 1.82) is 0 Å². The lowest BCUT2D eigenvalue weighted by atomic mass is 9.85. The van der Waals surface area contributed by atoms with Crippen molar-refractivity contribution in [1.82, 2.24) is 5.32 Å². The van der Waals surface area contributed by atoms with Gasteiger partial charge in [-0.3, -0.25) is 0 Å². The number of methoxy groups -OCH3 is 1. The number of carboxylic acid groups (broad SMARTS) is 1. The lowest BCUT2D eigenvalue weighted by molar-refractivity contribution is 0.175. The highest BCUT2D eigenvalue weighted by Crippen LogP contribution is 2.48.